The first kappa shape index (κ1) is 7.53. The summed E-state index contributed by atoms with van der Waals surface area (Å²) in [6.45, 7) is 1.99. The van der Waals surface area contributed by atoms with Crippen LogP contribution in [0.1, 0.15) is 0 Å². The highest BCUT2D eigenvalue weighted by Crippen LogP contribution is 2.21. The van der Waals surface area contributed by atoms with Crippen molar-refractivity contribution in [1.29, 1.82) is 0 Å². The summed E-state index contributed by atoms with van der Waals surface area (Å²) in [7, 11) is 1.49. The Morgan fingerprint density at radius 1 is 1.60 bits per heavy atom. The third kappa shape index (κ3) is 1.47. The quantitative estimate of drug-likeness (QED) is 0.501. The molecule has 56 valence electrons. The monoisotopic (exact) mass is 150 g/mol. The van der Waals surface area contributed by atoms with E-state index in [-0.39, 0.29) is 6.54 Å². The lowest BCUT2D eigenvalue weighted by Gasteiger charge is -2.06. The van der Waals surface area contributed by atoms with Crippen molar-refractivity contribution in [3.8, 4) is 0 Å². The number of alkyl halides is 3. The number of rotatable bonds is 0. The van der Waals surface area contributed by atoms with E-state index in [9.17, 15) is 13.2 Å². The summed E-state index contributed by atoms with van der Waals surface area (Å²) in [6, 6.07) is 0. The van der Waals surface area contributed by atoms with Crippen LogP contribution in [-0.4, -0.2) is 30.4 Å². The van der Waals surface area contributed by atoms with Crippen LogP contribution >= 0.6 is 0 Å². The summed E-state index contributed by atoms with van der Waals surface area (Å²) in [5.74, 6) is 0. The molecular formula is C5H5F3N2. The fraction of sp³-hybridized carbons (Fsp3) is 0.600. The van der Waals surface area contributed by atoms with Crippen LogP contribution in [0.2, 0.25) is 0 Å². The van der Waals surface area contributed by atoms with Gasteiger partial charge < -0.3 is 0 Å². The van der Waals surface area contributed by atoms with E-state index in [1.165, 1.54) is 11.9 Å². The molecule has 0 atom stereocenters. The average Bonchev–Trinajstić information content (AvgIpc) is 2.11. The highest BCUT2D eigenvalue weighted by molar-refractivity contribution is 5.93. The van der Waals surface area contributed by atoms with Crippen LogP contribution in [0.3, 0.4) is 0 Å². The molecule has 0 aromatic rings. The van der Waals surface area contributed by atoms with E-state index in [2.05, 4.69) is 11.7 Å². The van der Waals surface area contributed by atoms with Crippen molar-refractivity contribution >= 4 is 5.71 Å². The van der Waals surface area contributed by atoms with Gasteiger partial charge in [0.25, 0.3) is 0 Å². The number of nitrogens with zero attached hydrogens (tertiary/aromatic N) is 2. The lowest BCUT2D eigenvalue weighted by Crippen LogP contribution is -2.28. The van der Waals surface area contributed by atoms with Crippen LogP contribution in [0.5, 0.6) is 0 Å². The van der Waals surface area contributed by atoms with Crippen molar-refractivity contribution in [3.05, 3.63) is 6.67 Å². The lowest BCUT2D eigenvalue weighted by molar-refractivity contribution is -0.0598. The van der Waals surface area contributed by atoms with Gasteiger partial charge in [0.1, 0.15) is 5.71 Å². The van der Waals surface area contributed by atoms with E-state index >= 15 is 0 Å². The van der Waals surface area contributed by atoms with Gasteiger partial charge in [0.2, 0.25) is 0 Å². The molecule has 1 aliphatic rings. The van der Waals surface area contributed by atoms with Crippen LogP contribution in [0.25, 0.3) is 0 Å². The third-order valence-corrected chi connectivity index (χ3v) is 1.07. The van der Waals surface area contributed by atoms with Crippen molar-refractivity contribution in [2.45, 2.75) is 6.18 Å². The van der Waals surface area contributed by atoms with E-state index in [0.29, 0.717) is 0 Å². The van der Waals surface area contributed by atoms with Gasteiger partial charge in [-0.2, -0.15) is 13.2 Å². The van der Waals surface area contributed by atoms with Gasteiger partial charge in [-0.25, -0.2) is 0 Å². The number of hydrogen-bond acceptors (Lipinski definition) is 2. The van der Waals surface area contributed by atoms with E-state index in [4.69, 9.17) is 0 Å². The van der Waals surface area contributed by atoms with Gasteiger partial charge in [0.15, 0.2) is 6.67 Å². The van der Waals surface area contributed by atoms with Crippen molar-refractivity contribution in [1.82, 2.24) is 4.90 Å². The van der Waals surface area contributed by atoms with Gasteiger partial charge in [-0.3, -0.25) is 9.89 Å². The van der Waals surface area contributed by atoms with Crippen LogP contribution in [0.15, 0.2) is 4.99 Å². The van der Waals surface area contributed by atoms with Gasteiger partial charge in [0, 0.05) is 6.54 Å². The van der Waals surface area contributed by atoms with Gasteiger partial charge in [-0.1, -0.05) is 0 Å². The van der Waals surface area contributed by atoms with E-state index in [1.807, 2.05) is 0 Å². The second kappa shape index (κ2) is 2.23. The van der Waals surface area contributed by atoms with E-state index in [0.717, 1.165) is 0 Å². The Balaban J connectivity index is 2.60. The van der Waals surface area contributed by atoms with Gasteiger partial charge in [-0.15, -0.1) is 0 Å². The summed E-state index contributed by atoms with van der Waals surface area (Å²) in [4.78, 5) is 4.31. The number of halogens is 3. The Bertz CT molecular complexity index is 161. The maximum atomic E-state index is 11.7. The van der Waals surface area contributed by atoms with Gasteiger partial charge >= 0.3 is 6.18 Å². The molecule has 2 radical (unpaired) electrons. The Morgan fingerprint density at radius 3 is 2.40 bits per heavy atom. The molecule has 0 saturated carbocycles. The Kier molecular flexibility index (Phi) is 1.68. The molecule has 0 spiro atoms. The van der Waals surface area contributed by atoms with Crippen LogP contribution in [0, 0.1) is 6.67 Å². The topological polar surface area (TPSA) is 15.6 Å². The highest BCUT2D eigenvalue weighted by atomic mass is 19.4. The molecule has 0 saturated heterocycles. The second-order valence-electron chi connectivity index (χ2n) is 2.01. The van der Waals surface area contributed by atoms with Crippen molar-refractivity contribution < 1.29 is 13.2 Å². The summed E-state index contributed by atoms with van der Waals surface area (Å²) in [6.07, 6.45) is -4.29. The molecule has 2 nitrogen and oxygen atoms in total. The molecule has 0 unspecified atom stereocenters. The molecule has 0 aliphatic carbocycles. The Morgan fingerprint density at radius 2 is 2.20 bits per heavy atom. The zero-order valence-corrected chi connectivity index (χ0v) is 5.24. The molecule has 0 aromatic carbocycles. The van der Waals surface area contributed by atoms with Gasteiger partial charge in [-0.05, 0) is 7.05 Å². The maximum absolute atomic E-state index is 11.7. The van der Waals surface area contributed by atoms with Crippen molar-refractivity contribution in [2.24, 2.45) is 4.99 Å². The molecule has 1 rings (SSSR count). The minimum atomic E-state index is -4.29. The van der Waals surface area contributed by atoms with E-state index in [1.54, 1.807) is 0 Å². The molecule has 0 aromatic heterocycles. The minimum Gasteiger partial charge on any atom is -0.270 e. The molecule has 10 heavy (non-hydrogen) atoms. The molecule has 0 bridgehead atoms. The zero-order chi connectivity index (χ0) is 7.78. The molecule has 5 heteroatoms. The Hall–Kier alpha value is -0.580. The first-order valence-electron chi connectivity index (χ1n) is 2.60. The predicted octanol–water partition coefficient (Wildman–Crippen LogP) is 0.931. The van der Waals surface area contributed by atoms with E-state index < -0.39 is 11.9 Å². The van der Waals surface area contributed by atoms with Crippen molar-refractivity contribution in [2.75, 3.05) is 13.6 Å². The number of hydrogen-bond donors (Lipinski definition) is 0. The smallest absolute Gasteiger partial charge is 0.270 e. The summed E-state index contributed by atoms with van der Waals surface area (Å²) in [5, 5.41) is 0. The first-order valence-corrected chi connectivity index (χ1v) is 2.60. The molecular weight excluding hydrogens is 145 g/mol. The SMILES string of the molecule is CN1[C]N=C(C(F)(F)F)C1. The molecule has 0 N–H and O–H groups in total. The largest absolute Gasteiger partial charge is 0.430 e. The van der Waals surface area contributed by atoms with Gasteiger partial charge in [0.05, 0.1) is 0 Å². The molecule has 1 aliphatic heterocycles. The van der Waals surface area contributed by atoms with Crippen molar-refractivity contribution in [3.63, 3.8) is 0 Å². The standard InChI is InChI=1S/C5H5F3N2/c1-10-2-4(9-3-10)5(6,7)8/h2H2,1H3. The molecule has 1 heterocycles. The first-order chi connectivity index (χ1) is 4.50. The average molecular weight is 150 g/mol. The highest BCUT2D eigenvalue weighted by Gasteiger charge is 2.38. The van der Waals surface area contributed by atoms with Crippen LogP contribution in [-0.2, 0) is 0 Å². The fourth-order valence-electron chi connectivity index (χ4n) is 0.594. The number of aliphatic imine (C=N–C) groups is 1. The summed E-state index contributed by atoms with van der Waals surface area (Å²) < 4.78 is 35.2. The summed E-state index contributed by atoms with van der Waals surface area (Å²) in [5.41, 5.74) is -0.782. The molecule has 0 fully saturated rings. The maximum Gasteiger partial charge on any atom is 0.430 e. The lowest BCUT2D eigenvalue weighted by atomic mass is 10.4. The normalized spacial score (nSPS) is 21.4. The predicted molar refractivity (Wildman–Crippen MR) is 29.4 cm³/mol. The second-order valence-corrected chi connectivity index (χ2v) is 2.01. The van der Waals surface area contributed by atoms with Crippen LogP contribution in [0.4, 0.5) is 13.2 Å². The minimum absolute atomic E-state index is 0.191. The fourth-order valence-corrected chi connectivity index (χ4v) is 0.594. The Labute approximate surface area is 56.3 Å². The molecule has 0 amide bonds. The third-order valence-electron chi connectivity index (χ3n) is 1.07. The zero-order valence-electron chi connectivity index (χ0n) is 5.24. The van der Waals surface area contributed by atoms with Crippen LogP contribution < -0.4 is 0 Å². The summed E-state index contributed by atoms with van der Waals surface area (Å²) >= 11 is 0.